The number of hydrogen-bond donors (Lipinski definition) is 3. The number of nitrogens with one attached hydrogen (secondary N) is 1. The predicted octanol–water partition coefficient (Wildman–Crippen LogP) is 2.64. The van der Waals surface area contributed by atoms with E-state index in [1.807, 2.05) is 6.92 Å². The van der Waals surface area contributed by atoms with Gasteiger partial charge in [0.05, 0.1) is 17.5 Å². The molecule has 166 valence electrons. The quantitative estimate of drug-likeness (QED) is 0.460. The lowest BCUT2D eigenvalue weighted by Gasteiger charge is -2.51. The van der Waals surface area contributed by atoms with E-state index >= 15 is 0 Å². The van der Waals surface area contributed by atoms with Crippen molar-refractivity contribution in [1.29, 1.82) is 5.26 Å². The summed E-state index contributed by atoms with van der Waals surface area (Å²) in [4.78, 5) is 25.9. The third kappa shape index (κ3) is 3.17. The van der Waals surface area contributed by atoms with Gasteiger partial charge in [0.2, 0.25) is 6.79 Å². The summed E-state index contributed by atoms with van der Waals surface area (Å²) in [5.41, 5.74) is 2.69. The van der Waals surface area contributed by atoms with Gasteiger partial charge in [0.1, 0.15) is 0 Å². The summed E-state index contributed by atoms with van der Waals surface area (Å²) in [6.45, 7) is 6.02. The predicted molar refractivity (Wildman–Crippen MR) is 119 cm³/mol. The zero-order valence-corrected chi connectivity index (χ0v) is 19.5. The second-order valence-electron chi connectivity index (χ2n) is 8.64. The molecule has 1 aromatic rings. The molecule has 4 rings (SSSR count). The van der Waals surface area contributed by atoms with Crippen molar-refractivity contribution in [2.75, 3.05) is 13.3 Å². The highest BCUT2D eigenvalue weighted by Crippen LogP contribution is 2.59. The molecule has 1 unspecified atom stereocenters. The van der Waals surface area contributed by atoms with Crippen molar-refractivity contribution < 1.29 is 19.1 Å². The van der Waals surface area contributed by atoms with Crippen LogP contribution in [0.4, 0.5) is 0 Å². The number of fused-ring (bicyclic) bond motifs is 2. The number of amides is 2. The van der Waals surface area contributed by atoms with E-state index in [9.17, 15) is 14.9 Å². The molecule has 0 bridgehead atoms. The maximum Gasteiger partial charge on any atom is 0.274 e. The third-order valence-corrected chi connectivity index (χ3v) is 7.20. The van der Waals surface area contributed by atoms with Crippen molar-refractivity contribution >= 4 is 37.1 Å². The van der Waals surface area contributed by atoms with Crippen LogP contribution in [0.2, 0.25) is 0 Å². The summed E-state index contributed by atoms with van der Waals surface area (Å²) in [6.07, 6.45) is 1.85. The number of hydrogen-bond acceptors (Lipinski definition) is 8. The summed E-state index contributed by atoms with van der Waals surface area (Å²) in [6, 6.07) is 6.96. The molecule has 3 aliphatic heterocycles. The third-order valence-electron chi connectivity index (χ3n) is 6.25. The van der Waals surface area contributed by atoms with E-state index in [2.05, 4.69) is 24.1 Å². The second-order valence-corrected chi connectivity index (χ2v) is 10.2. The van der Waals surface area contributed by atoms with Crippen LogP contribution in [0.15, 0.2) is 18.2 Å². The van der Waals surface area contributed by atoms with Gasteiger partial charge in [-0.15, -0.1) is 25.3 Å². The molecular formula is C21H26N4O4S2. The molecule has 1 N–H and O–H groups in total. The average Bonchev–Trinajstić information content (AvgIpc) is 3.29. The number of rotatable bonds is 5. The molecule has 2 fully saturated rings. The zero-order chi connectivity index (χ0) is 22.6. The van der Waals surface area contributed by atoms with E-state index in [0.717, 1.165) is 12.8 Å². The number of hydrazine groups is 1. The minimum Gasteiger partial charge on any atom is -0.454 e. The largest absolute Gasteiger partial charge is 0.454 e. The normalized spacial score (nSPS) is 34.1. The van der Waals surface area contributed by atoms with E-state index in [1.54, 1.807) is 32.0 Å². The molecule has 2 saturated heterocycles. The fourth-order valence-corrected chi connectivity index (χ4v) is 5.56. The van der Waals surface area contributed by atoms with Gasteiger partial charge in [-0.05, 0) is 38.0 Å². The minimum absolute atomic E-state index is 0.0824. The maximum absolute atomic E-state index is 13.7. The van der Waals surface area contributed by atoms with Crippen molar-refractivity contribution in [3.05, 3.63) is 23.8 Å². The van der Waals surface area contributed by atoms with E-state index in [0.29, 0.717) is 23.6 Å². The van der Waals surface area contributed by atoms with E-state index in [4.69, 9.17) is 22.1 Å². The number of carbonyl (C=O) groups is 2. The van der Waals surface area contributed by atoms with Crippen molar-refractivity contribution in [2.24, 2.45) is 5.41 Å². The van der Waals surface area contributed by atoms with Crippen LogP contribution in [0, 0.1) is 16.7 Å². The van der Waals surface area contributed by atoms with Gasteiger partial charge in [0, 0.05) is 13.0 Å². The molecule has 10 heteroatoms. The van der Waals surface area contributed by atoms with Gasteiger partial charge >= 0.3 is 0 Å². The number of unbranched alkanes of at least 4 members (excludes halogenated alkanes) is 1. The van der Waals surface area contributed by atoms with Crippen LogP contribution < -0.4 is 14.9 Å². The lowest BCUT2D eigenvalue weighted by Crippen LogP contribution is -2.73. The standard InChI is InChI=1S/C21H26N4O4S2/c1-4-5-8-23-25-18(27)21(31)10-19(2,11-22)16(24(21)17(26)20(25,3)30)13-6-7-14-15(9-13)29-12-28-14/h6-7,9,16,23,30-31H,4-5,8,10,12H2,1-3H3/t16?,19-,20+,21+/m1/s1. The van der Waals surface area contributed by atoms with Crippen LogP contribution >= 0.6 is 25.3 Å². The molecular weight excluding hydrogens is 436 g/mol. The number of nitrogens with zero attached hydrogens (tertiary/aromatic N) is 3. The van der Waals surface area contributed by atoms with Crippen LogP contribution in [0.1, 0.15) is 51.6 Å². The monoisotopic (exact) mass is 462 g/mol. The van der Waals surface area contributed by atoms with Crippen molar-refractivity contribution in [2.45, 2.75) is 55.8 Å². The van der Waals surface area contributed by atoms with Crippen LogP contribution in [0.3, 0.4) is 0 Å². The van der Waals surface area contributed by atoms with Gasteiger partial charge < -0.3 is 14.4 Å². The Labute approximate surface area is 192 Å². The molecule has 3 aliphatic rings. The Morgan fingerprint density at radius 2 is 1.94 bits per heavy atom. The number of carbonyl (C=O) groups excluding carboxylic acids is 2. The lowest BCUT2D eigenvalue weighted by atomic mass is 9.79. The Balaban J connectivity index is 1.80. The smallest absolute Gasteiger partial charge is 0.274 e. The van der Waals surface area contributed by atoms with Crippen LogP contribution in [0.5, 0.6) is 11.5 Å². The Hall–Kier alpha value is -2.09. The first-order valence-corrected chi connectivity index (χ1v) is 11.2. The molecule has 0 aromatic heterocycles. The van der Waals surface area contributed by atoms with Gasteiger partial charge in [0.25, 0.3) is 11.8 Å². The van der Waals surface area contributed by atoms with Gasteiger partial charge in [-0.3, -0.25) is 9.59 Å². The highest BCUT2D eigenvalue weighted by Gasteiger charge is 2.69. The second kappa shape index (κ2) is 7.50. The first-order chi connectivity index (χ1) is 14.6. The Kier molecular flexibility index (Phi) is 5.35. The number of piperazine rings is 1. The molecule has 0 aliphatic carbocycles. The summed E-state index contributed by atoms with van der Waals surface area (Å²) >= 11 is 9.32. The average molecular weight is 463 g/mol. The Morgan fingerprint density at radius 1 is 1.23 bits per heavy atom. The molecule has 4 atom stereocenters. The van der Waals surface area contributed by atoms with Gasteiger partial charge in [-0.1, -0.05) is 19.4 Å². The molecule has 0 radical (unpaired) electrons. The van der Waals surface area contributed by atoms with Crippen molar-refractivity contribution in [3.63, 3.8) is 0 Å². The maximum atomic E-state index is 13.7. The molecule has 0 spiro atoms. The lowest BCUT2D eigenvalue weighted by molar-refractivity contribution is -0.169. The van der Waals surface area contributed by atoms with Crippen LogP contribution in [-0.2, 0) is 9.59 Å². The molecule has 0 saturated carbocycles. The highest BCUT2D eigenvalue weighted by molar-refractivity contribution is 7.83. The number of thiol groups is 2. The Morgan fingerprint density at radius 3 is 2.61 bits per heavy atom. The number of benzene rings is 1. The van der Waals surface area contributed by atoms with E-state index in [-0.39, 0.29) is 13.2 Å². The Bertz CT molecular complexity index is 981. The minimum atomic E-state index is -1.48. The first kappa shape index (κ1) is 22.1. The SMILES string of the molecule is CCCCNN1C(=O)[C@@]2(S)C[C@](C)(C#N)C(c3ccc4c(c3)OCO4)N2C(=O)[C@]1(C)S. The molecule has 1 aromatic carbocycles. The zero-order valence-electron chi connectivity index (χ0n) is 17.7. The van der Waals surface area contributed by atoms with E-state index < -0.39 is 33.0 Å². The molecule has 3 heterocycles. The van der Waals surface area contributed by atoms with Crippen LogP contribution in [0.25, 0.3) is 0 Å². The van der Waals surface area contributed by atoms with Crippen LogP contribution in [-0.4, -0.2) is 44.8 Å². The van der Waals surface area contributed by atoms with Gasteiger partial charge in [0.15, 0.2) is 21.2 Å². The molecule has 8 nitrogen and oxygen atoms in total. The fraction of sp³-hybridized carbons (Fsp3) is 0.571. The molecule has 31 heavy (non-hydrogen) atoms. The number of nitriles is 1. The van der Waals surface area contributed by atoms with Crippen molar-refractivity contribution in [1.82, 2.24) is 15.3 Å². The van der Waals surface area contributed by atoms with Crippen molar-refractivity contribution in [3.8, 4) is 17.6 Å². The molecule has 2 amide bonds. The topological polar surface area (TPSA) is 94.9 Å². The highest BCUT2D eigenvalue weighted by atomic mass is 32.1. The summed E-state index contributed by atoms with van der Waals surface area (Å²) in [7, 11) is 0. The number of ether oxygens (including phenoxy) is 2. The fourth-order valence-electron chi connectivity index (χ4n) is 4.65. The first-order valence-electron chi connectivity index (χ1n) is 10.3. The van der Waals surface area contributed by atoms with Gasteiger partial charge in [-0.2, -0.15) is 5.26 Å². The van der Waals surface area contributed by atoms with Gasteiger partial charge in [-0.25, -0.2) is 10.4 Å². The summed E-state index contributed by atoms with van der Waals surface area (Å²) in [5.74, 6) is 0.357. The van der Waals surface area contributed by atoms with E-state index in [1.165, 1.54) is 9.91 Å². The summed E-state index contributed by atoms with van der Waals surface area (Å²) < 4.78 is 10.9. The summed E-state index contributed by atoms with van der Waals surface area (Å²) in [5, 5.41) is 11.4.